The largest absolute Gasteiger partial charge is 0.339 e. The lowest BCUT2D eigenvalue weighted by Crippen LogP contribution is -2.34. The summed E-state index contributed by atoms with van der Waals surface area (Å²) < 4.78 is 3.22. The number of nitrogens with zero attached hydrogens (tertiary/aromatic N) is 4. The number of carbonyl (C=O) groups excluding carboxylic acids is 1. The van der Waals surface area contributed by atoms with Gasteiger partial charge in [-0.15, -0.1) is 0 Å². The van der Waals surface area contributed by atoms with Gasteiger partial charge in [-0.25, -0.2) is 4.68 Å². The molecule has 0 aliphatic carbocycles. The zero-order valence-electron chi connectivity index (χ0n) is 18.9. The number of carbonyl (C=O) groups is 1. The van der Waals surface area contributed by atoms with Crippen molar-refractivity contribution in [3.05, 3.63) is 113 Å². The van der Waals surface area contributed by atoms with Crippen molar-refractivity contribution in [3.63, 3.8) is 0 Å². The minimum Gasteiger partial charge on any atom is -0.339 e. The highest BCUT2D eigenvalue weighted by Gasteiger charge is 2.26. The molecule has 2 aromatic carbocycles. The van der Waals surface area contributed by atoms with E-state index >= 15 is 0 Å². The molecular formula is C27H26N4O2. The number of aromatic nitrogens is 3. The zero-order valence-corrected chi connectivity index (χ0v) is 18.9. The lowest BCUT2D eigenvalue weighted by atomic mass is 10.1. The second-order valence-electron chi connectivity index (χ2n) is 7.68. The van der Waals surface area contributed by atoms with Crippen LogP contribution in [0, 0.1) is 0 Å². The van der Waals surface area contributed by atoms with Crippen molar-refractivity contribution in [2.75, 3.05) is 6.54 Å². The van der Waals surface area contributed by atoms with Crippen LogP contribution in [-0.2, 0) is 13.6 Å². The minimum atomic E-state index is -0.298. The quantitative estimate of drug-likeness (QED) is 0.395. The van der Waals surface area contributed by atoms with E-state index in [1.165, 1.54) is 4.68 Å². The van der Waals surface area contributed by atoms with Crippen LogP contribution in [0.2, 0.25) is 0 Å². The van der Waals surface area contributed by atoms with Crippen LogP contribution in [0.3, 0.4) is 0 Å². The van der Waals surface area contributed by atoms with Gasteiger partial charge in [0.15, 0.2) is 5.69 Å². The van der Waals surface area contributed by atoms with Gasteiger partial charge in [-0.1, -0.05) is 67.8 Å². The molecule has 0 aliphatic rings. The van der Waals surface area contributed by atoms with Gasteiger partial charge in [0, 0.05) is 35.6 Å². The van der Waals surface area contributed by atoms with Crippen LogP contribution in [0.5, 0.6) is 0 Å². The highest BCUT2D eigenvalue weighted by atomic mass is 16.2. The molecule has 2 heterocycles. The Morgan fingerprint density at radius 2 is 1.79 bits per heavy atom. The predicted molar refractivity (Wildman–Crippen MR) is 133 cm³/mol. The monoisotopic (exact) mass is 438 g/mol. The molecule has 1 amide bonds. The van der Waals surface area contributed by atoms with Gasteiger partial charge in [0.25, 0.3) is 11.5 Å². The van der Waals surface area contributed by atoms with Gasteiger partial charge >= 0.3 is 0 Å². The maximum atomic E-state index is 13.8. The second kappa shape index (κ2) is 9.12. The smallest absolute Gasteiger partial charge is 0.291 e. The van der Waals surface area contributed by atoms with Crippen molar-refractivity contribution in [3.8, 4) is 0 Å². The number of aryl methyl sites for hydroxylation is 1. The molecule has 0 radical (unpaired) electrons. The van der Waals surface area contributed by atoms with E-state index in [0.717, 1.165) is 16.5 Å². The summed E-state index contributed by atoms with van der Waals surface area (Å²) in [6.07, 6.45) is 4.96. The van der Waals surface area contributed by atoms with Gasteiger partial charge in [-0.3, -0.25) is 9.59 Å². The van der Waals surface area contributed by atoms with E-state index in [1.54, 1.807) is 23.1 Å². The summed E-state index contributed by atoms with van der Waals surface area (Å²) in [6.45, 7) is 10.1. The second-order valence-corrected chi connectivity index (χ2v) is 7.68. The Labute approximate surface area is 192 Å². The zero-order chi connectivity index (χ0) is 23.5. The molecule has 0 bridgehead atoms. The Kier molecular flexibility index (Phi) is 6.09. The summed E-state index contributed by atoms with van der Waals surface area (Å²) in [5.41, 5.74) is 2.86. The number of likely N-dealkylation sites (N-methyl/N-ethyl adjacent to an activating group) is 1. The maximum Gasteiger partial charge on any atom is 0.291 e. The molecule has 0 aliphatic heterocycles. The van der Waals surface area contributed by atoms with E-state index in [9.17, 15) is 9.59 Å². The first kappa shape index (κ1) is 22.0. The van der Waals surface area contributed by atoms with Gasteiger partial charge < -0.3 is 9.47 Å². The van der Waals surface area contributed by atoms with Crippen molar-refractivity contribution >= 4 is 27.7 Å². The van der Waals surface area contributed by atoms with Crippen LogP contribution < -0.4 is 5.56 Å². The fourth-order valence-electron chi connectivity index (χ4n) is 4.20. The average Bonchev–Trinajstić information content (AvgIpc) is 3.14. The van der Waals surface area contributed by atoms with Crippen LogP contribution in [0.4, 0.5) is 0 Å². The molecule has 0 spiro atoms. The number of benzene rings is 2. The number of fused-ring (bicyclic) bond motifs is 3. The third-order valence-corrected chi connectivity index (χ3v) is 5.75. The number of hydrogen-bond donors (Lipinski definition) is 0. The summed E-state index contributed by atoms with van der Waals surface area (Å²) >= 11 is 0. The number of rotatable bonds is 7. The van der Waals surface area contributed by atoms with Crippen LogP contribution in [0.25, 0.3) is 21.8 Å². The molecule has 166 valence electrons. The van der Waals surface area contributed by atoms with Crippen LogP contribution in [0.15, 0.2) is 96.5 Å². The number of hydrogen-bond acceptors (Lipinski definition) is 3. The molecule has 0 saturated heterocycles. The van der Waals surface area contributed by atoms with Crippen LogP contribution in [0.1, 0.15) is 23.0 Å². The lowest BCUT2D eigenvalue weighted by Gasteiger charge is -2.22. The van der Waals surface area contributed by atoms with Crippen molar-refractivity contribution < 1.29 is 4.79 Å². The first-order valence-corrected chi connectivity index (χ1v) is 10.8. The van der Waals surface area contributed by atoms with Crippen LogP contribution in [-0.4, -0.2) is 31.7 Å². The Morgan fingerprint density at radius 3 is 2.45 bits per heavy atom. The molecule has 2 aromatic heterocycles. The van der Waals surface area contributed by atoms with E-state index in [4.69, 9.17) is 0 Å². The molecule has 0 atom stereocenters. The highest BCUT2D eigenvalue weighted by molar-refractivity contribution is 6.17. The average molecular weight is 439 g/mol. The molecule has 33 heavy (non-hydrogen) atoms. The SMILES string of the molecule is C=C/C=C(\C=C)N(CC)C(=O)c1nn(Cc2ccccc2)c(=O)c2c1c1ccccc1n2C. The van der Waals surface area contributed by atoms with Gasteiger partial charge in [-0.2, -0.15) is 5.10 Å². The number of allylic oxidation sites excluding steroid dienone is 3. The molecular weight excluding hydrogens is 412 g/mol. The Bertz CT molecular complexity index is 1460. The molecule has 0 fully saturated rings. The molecule has 4 rings (SSSR count). The maximum absolute atomic E-state index is 13.8. The topological polar surface area (TPSA) is 60.1 Å². The third-order valence-electron chi connectivity index (χ3n) is 5.75. The molecule has 4 aromatic rings. The van der Waals surface area contributed by atoms with Gasteiger partial charge in [0.05, 0.1) is 6.54 Å². The van der Waals surface area contributed by atoms with E-state index < -0.39 is 0 Å². The highest BCUT2D eigenvalue weighted by Crippen LogP contribution is 2.29. The normalized spacial score (nSPS) is 11.6. The molecule has 6 heteroatoms. The van der Waals surface area contributed by atoms with E-state index in [0.29, 0.717) is 23.1 Å². The summed E-state index contributed by atoms with van der Waals surface area (Å²) in [6, 6.07) is 17.3. The predicted octanol–water partition coefficient (Wildman–Crippen LogP) is 4.65. The van der Waals surface area contributed by atoms with Gasteiger partial charge in [-0.05, 0) is 30.7 Å². The molecule has 0 unspecified atom stereocenters. The number of amides is 1. The van der Waals surface area contributed by atoms with Gasteiger partial charge in [0.2, 0.25) is 0 Å². The summed E-state index contributed by atoms with van der Waals surface area (Å²) in [4.78, 5) is 29.0. The third kappa shape index (κ3) is 3.80. The van der Waals surface area contributed by atoms with E-state index in [2.05, 4.69) is 18.3 Å². The van der Waals surface area contributed by atoms with Gasteiger partial charge in [0.1, 0.15) is 5.52 Å². The van der Waals surface area contributed by atoms with Crippen molar-refractivity contribution in [1.29, 1.82) is 0 Å². The van der Waals surface area contributed by atoms with Crippen molar-refractivity contribution in [1.82, 2.24) is 19.2 Å². The number of para-hydroxylation sites is 1. The lowest BCUT2D eigenvalue weighted by molar-refractivity contribution is 0.0811. The minimum absolute atomic E-state index is 0.232. The fraction of sp³-hybridized carbons (Fsp3) is 0.148. The summed E-state index contributed by atoms with van der Waals surface area (Å²) in [5, 5.41) is 6.00. The molecule has 0 N–H and O–H groups in total. The standard InChI is InChI=1S/C27H26N4O2/c1-5-13-20(6-2)30(7-3)26(32)24-23-21-16-11-12-17-22(21)29(4)25(23)27(33)31(28-24)18-19-14-9-8-10-15-19/h5-6,8-17H,1-2,7,18H2,3-4H3/b20-13+. The first-order valence-electron chi connectivity index (χ1n) is 10.8. The molecule has 6 nitrogen and oxygen atoms in total. The van der Waals surface area contributed by atoms with Crippen molar-refractivity contribution in [2.24, 2.45) is 7.05 Å². The van der Waals surface area contributed by atoms with Crippen molar-refractivity contribution in [2.45, 2.75) is 13.5 Å². The molecule has 0 saturated carbocycles. The summed E-state index contributed by atoms with van der Waals surface area (Å²) in [5.74, 6) is -0.298. The van der Waals surface area contributed by atoms with Crippen LogP contribution >= 0.6 is 0 Å². The Balaban J connectivity index is 2.04. The fourth-order valence-corrected chi connectivity index (χ4v) is 4.20. The Hall–Kier alpha value is -4.19. The Morgan fingerprint density at radius 1 is 1.09 bits per heavy atom. The van der Waals surface area contributed by atoms with E-state index in [1.807, 2.05) is 73.1 Å². The summed E-state index contributed by atoms with van der Waals surface area (Å²) in [7, 11) is 1.84. The first-order chi connectivity index (χ1) is 16.0. The van der Waals surface area contributed by atoms with E-state index in [-0.39, 0.29) is 23.7 Å².